The van der Waals surface area contributed by atoms with E-state index in [9.17, 15) is 22.9 Å². The standard InChI is InChI=1S/C21H22BrFN8O6S/c1-28(13-24)38(34,35)10-2-9-27-21-19(20(25)26)29(16-7-8-18(23)17(22)11-16)37-31(21)36-12-14-3-5-15(6-4-14)30(32)33/h3-8,11,27H,2,9-10,12H2,1H3,(H3,25,26). The van der Waals surface area contributed by atoms with Gasteiger partial charge in [-0.05, 0) is 58.2 Å². The van der Waals surface area contributed by atoms with E-state index in [0.717, 1.165) is 17.3 Å². The molecule has 0 aromatic heterocycles. The third-order valence-electron chi connectivity index (χ3n) is 5.08. The highest BCUT2D eigenvalue weighted by molar-refractivity contribution is 9.10. The number of sulfonamides is 1. The fraction of sp³-hybridized carbons (Fsp3) is 0.238. The van der Waals surface area contributed by atoms with E-state index in [0.29, 0.717) is 9.87 Å². The monoisotopic (exact) mass is 612 g/mol. The maximum absolute atomic E-state index is 13.8. The predicted octanol–water partition coefficient (Wildman–Crippen LogP) is 2.42. The Balaban J connectivity index is 1.85. The topological polar surface area (TPSA) is 191 Å². The van der Waals surface area contributed by atoms with Gasteiger partial charge in [0.2, 0.25) is 10.0 Å². The summed E-state index contributed by atoms with van der Waals surface area (Å²) in [6.45, 7) is -0.0665. The molecular formula is C21H22BrFN8O6S. The normalized spacial score (nSPS) is 13.4. The molecule has 1 heterocycles. The summed E-state index contributed by atoms with van der Waals surface area (Å²) in [5.74, 6) is -1.28. The van der Waals surface area contributed by atoms with Gasteiger partial charge in [0.25, 0.3) is 5.69 Å². The molecule has 0 amide bonds. The molecule has 0 radical (unpaired) electrons. The zero-order valence-electron chi connectivity index (χ0n) is 19.8. The second-order valence-electron chi connectivity index (χ2n) is 7.70. The molecule has 17 heteroatoms. The second-order valence-corrected chi connectivity index (χ2v) is 10.7. The molecule has 14 nitrogen and oxygen atoms in total. The number of benzene rings is 2. The number of hydrogen-bond donors (Lipinski definition) is 3. The molecule has 0 bridgehead atoms. The maximum Gasteiger partial charge on any atom is 0.269 e. The first-order valence-electron chi connectivity index (χ1n) is 10.7. The van der Waals surface area contributed by atoms with Crippen LogP contribution in [0.4, 0.5) is 15.8 Å². The number of amidine groups is 1. The van der Waals surface area contributed by atoms with Gasteiger partial charge in [0.15, 0.2) is 17.7 Å². The number of nitro benzene ring substituents is 1. The number of nitro groups is 1. The number of nitrogens with one attached hydrogen (secondary N) is 2. The quantitative estimate of drug-likeness (QED) is 0.0606. The molecule has 4 N–H and O–H groups in total. The van der Waals surface area contributed by atoms with Crippen LogP contribution in [0.2, 0.25) is 0 Å². The SMILES string of the molecule is CN(C#N)S(=O)(=O)CCCNC1=C(C(=N)N)N(c2ccc(F)c(Br)c2)ON1OCc1ccc([N+](=O)[O-])cc1. The van der Waals surface area contributed by atoms with Crippen LogP contribution in [0, 0.1) is 32.8 Å². The predicted molar refractivity (Wildman–Crippen MR) is 136 cm³/mol. The van der Waals surface area contributed by atoms with Crippen molar-refractivity contribution in [1.29, 1.82) is 10.7 Å². The molecule has 38 heavy (non-hydrogen) atoms. The summed E-state index contributed by atoms with van der Waals surface area (Å²) in [6.07, 6.45) is 1.61. The number of anilines is 1. The third-order valence-corrected chi connectivity index (χ3v) is 7.41. The lowest BCUT2D eigenvalue weighted by molar-refractivity contribution is -0.384. The molecule has 1 aliphatic rings. The van der Waals surface area contributed by atoms with Gasteiger partial charge in [0.05, 0.1) is 20.8 Å². The van der Waals surface area contributed by atoms with E-state index in [1.54, 1.807) is 0 Å². The molecule has 202 valence electrons. The Morgan fingerprint density at radius 3 is 2.63 bits per heavy atom. The molecule has 2 aromatic carbocycles. The fourth-order valence-corrected chi connectivity index (χ4v) is 4.38. The number of hydroxylamine groups is 3. The summed E-state index contributed by atoms with van der Waals surface area (Å²) in [5.41, 5.74) is 6.55. The van der Waals surface area contributed by atoms with Crippen molar-refractivity contribution in [2.24, 2.45) is 5.73 Å². The van der Waals surface area contributed by atoms with Gasteiger partial charge in [-0.25, -0.2) is 22.0 Å². The van der Waals surface area contributed by atoms with Crippen LogP contribution in [0.3, 0.4) is 0 Å². The van der Waals surface area contributed by atoms with Crippen LogP contribution >= 0.6 is 15.9 Å². The number of non-ortho nitro benzene ring substituents is 1. The van der Waals surface area contributed by atoms with E-state index in [1.807, 2.05) is 0 Å². The van der Waals surface area contributed by atoms with Gasteiger partial charge in [0.1, 0.15) is 18.3 Å². The van der Waals surface area contributed by atoms with Crippen LogP contribution < -0.4 is 16.1 Å². The summed E-state index contributed by atoms with van der Waals surface area (Å²) in [7, 11) is -2.66. The van der Waals surface area contributed by atoms with E-state index in [-0.39, 0.29) is 52.7 Å². The molecule has 3 rings (SSSR count). The zero-order valence-corrected chi connectivity index (χ0v) is 22.2. The highest BCUT2D eigenvalue weighted by Gasteiger charge is 2.36. The molecule has 0 saturated heterocycles. The van der Waals surface area contributed by atoms with E-state index >= 15 is 0 Å². The van der Waals surface area contributed by atoms with Crippen LogP contribution in [-0.4, -0.2) is 48.1 Å². The Morgan fingerprint density at radius 1 is 1.37 bits per heavy atom. The van der Waals surface area contributed by atoms with Crippen molar-refractivity contribution >= 4 is 43.2 Å². The average molecular weight is 613 g/mol. The minimum Gasteiger partial charge on any atom is -0.382 e. The Morgan fingerprint density at radius 2 is 2.05 bits per heavy atom. The van der Waals surface area contributed by atoms with Crippen molar-refractivity contribution < 1.29 is 27.5 Å². The molecule has 0 aliphatic carbocycles. The maximum atomic E-state index is 13.8. The molecule has 0 spiro atoms. The lowest BCUT2D eigenvalue weighted by Crippen LogP contribution is -2.32. The Labute approximate surface area is 225 Å². The molecule has 0 fully saturated rings. The first-order valence-corrected chi connectivity index (χ1v) is 13.1. The Hall–Kier alpha value is -3.98. The van der Waals surface area contributed by atoms with Crippen molar-refractivity contribution in [3.05, 3.63) is 80.0 Å². The highest BCUT2D eigenvalue weighted by Crippen LogP contribution is 2.33. The van der Waals surface area contributed by atoms with Crippen LogP contribution in [0.5, 0.6) is 0 Å². The molecule has 1 aliphatic heterocycles. The van der Waals surface area contributed by atoms with Crippen LogP contribution in [0.15, 0.2) is 58.5 Å². The van der Waals surface area contributed by atoms with Gasteiger partial charge in [-0.2, -0.15) is 10.3 Å². The number of nitrogens with two attached hydrogens (primary N) is 1. The zero-order chi connectivity index (χ0) is 28.0. The van der Waals surface area contributed by atoms with E-state index in [2.05, 4.69) is 21.2 Å². The Kier molecular flexibility index (Phi) is 9.06. The van der Waals surface area contributed by atoms with Gasteiger partial charge >= 0.3 is 0 Å². The van der Waals surface area contributed by atoms with Crippen molar-refractivity contribution in [3.63, 3.8) is 0 Å². The number of halogens is 2. The Bertz CT molecular complexity index is 1400. The first kappa shape index (κ1) is 28.6. The lowest BCUT2D eigenvalue weighted by atomic mass is 10.2. The smallest absolute Gasteiger partial charge is 0.269 e. The van der Waals surface area contributed by atoms with Crippen LogP contribution in [0.1, 0.15) is 12.0 Å². The molecule has 0 unspecified atom stereocenters. The van der Waals surface area contributed by atoms with Gasteiger partial charge in [0, 0.05) is 25.7 Å². The van der Waals surface area contributed by atoms with Gasteiger partial charge in [-0.15, -0.1) is 4.94 Å². The van der Waals surface area contributed by atoms with Crippen LogP contribution in [-0.2, 0) is 26.4 Å². The van der Waals surface area contributed by atoms with Crippen molar-refractivity contribution in [2.75, 3.05) is 24.4 Å². The third kappa shape index (κ3) is 6.66. The number of hydrogen-bond acceptors (Lipinski definition) is 11. The summed E-state index contributed by atoms with van der Waals surface area (Å²) >= 11 is 3.09. The molecule has 0 atom stereocenters. The van der Waals surface area contributed by atoms with Crippen molar-refractivity contribution in [3.8, 4) is 6.19 Å². The summed E-state index contributed by atoms with van der Waals surface area (Å²) in [5, 5.41) is 32.8. The molecular weight excluding hydrogens is 591 g/mol. The van der Waals surface area contributed by atoms with E-state index in [1.165, 1.54) is 48.7 Å². The van der Waals surface area contributed by atoms with Crippen molar-refractivity contribution in [1.82, 2.24) is 14.8 Å². The van der Waals surface area contributed by atoms with Gasteiger partial charge in [-0.1, -0.05) is 5.23 Å². The van der Waals surface area contributed by atoms with E-state index < -0.39 is 26.6 Å². The average Bonchev–Trinajstić information content (AvgIpc) is 3.25. The number of nitrogens with zero attached hydrogens (tertiary/aromatic N) is 5. The second kappa shape index (κ2) is 12.0. The molecule has 0 saturated carbocycles. The number of rotatable bonds is 12. The summed E-state index contributed by atoms with van der Waals surface area (Å²) in [4.78, 5) is 21.8. The largest absolute Gasteiger partial charge is 0.382 e. The van der Waals surface area contributed by atoms with E-state index in [4.69, 9.17) is 26.2 Å². The summed E-state index contributed by atoms with van der Waals surface area (Å²) < 4.78 is 38.7. The minimum absolute atomic E-state index is 0.00999. The lowest BCUT2D eigenvalue weighted by Gasteiger charge is -2.22. The van der Waals surface area contributed by atoms with Crippen molar-refractivity contribution in [2.45, 2.75) is 13.0 Å². The molecule has 2 aromatic rings. The van der Waals surface area contributed by atoms with Gasteiger partial charge in [-0.3, -0.25) is 15.5 Å². The van der Waals surface area contributed by atoms with Crippen LogP contribution in [0.25, 0.3) is 0 Å². The summed E-state index contributed by atoms with van der Waals surface area (Å²) in [6, 6.07) is 9.53. The number of nitriles is 1. The fourth-order valence-electron chi connectivity index (χ4n) is 3.11. The first-order chi connectivity index (χ1) is 17.9. The minimum atomic E-state index is -3.79. The van der Waals surface area contributed by atoms with Gasteiger partial charge < -0.3 is 11.1 Å². The highest BCUT2D eigenvalue weighted by atomic mass is 79.9.